The standard InChI is InChI=1S/C25H25N3O4/c29-22(14-16-27-23(30)11-12-24(27)31)26-15-13-25(32)28-17-20-7-2-1-5-18(20)9-10-19-6-3-4-8-21(19)28/h1-8,11-12H,9-10,13-17H2,(H,26,29). The highest BCUT2D eigenvalue weighted by Crippen LogP contribution is 2.28. The topological polar surface area (TPSA) is 86.8 Å². The van der Waals surface area contributed by atoms with Crippen LogP contribution in [0.5, 0.6) is 0 Å². The molecule has 4 amide bonds. The number of nitrogens with zero attached hydrogens (tertiary/aromatic N) is 2. The summed E-state index contributed by atoms with van der Waals surface area (Å²) in [6.45, 7) is 0.713. The van der Waals surface area contributed by atoms with Crippen molar-refractivity contribution in [3.05, 3.63) is 77.4 Å². The molecular weight excluding hydrogens is 406 g/mol. The molecule has 0 saturated carbocycles. The number of fused-ring (bicyclic) bond motifs is 2. The first-order valence-electron chi connectivity index (χ1n) is 10.8. The number of carbonyl (C=O) groups is 4. The predicted octanol–water partition coefficient (Wildman–Crippen LogP) is 2.14. The molecule has 1 N–H and O–H groups in total. The van der Waals surface area contributed by atoms with Crippen molar-refractivity contribution in [2.75, 3.05) is 18.0 Å². The van der Waals surface area contributed by atoms with Crippen molar-refractivity contribution in [3.8, 4) is 0 Å². The molecule has 2 aliphatic rings. The molecule has 32 heavy (non-hydrogen) atoms. The Morgan fingerprint density at radius 3 is 2.19 bits per heavy atom. The van der Waals surface area contributed by atoms with E-state index in [1.807, 2.05) is 30.3 Å². The fraction of sp³-hybridized carbons (Fsp3) is 0.280. The maximum absolute atomic E-state index is 13.1. The summed E-state index contributed by atoms with van der Waals surface area (Å²) in [4.78, 5) is 51.2. The molecule has 2 aromatic rings. The van der Waals surface area contributed by atoms with Crippen molar-refractivity contribution in [1.29, 1.82) is 0 Å². The van der Waals surface area contributed by atoms with Crippen LogP contribution in [0.1, 0.15) is 29.5 Å². The first-order valence-corrected chi connectivity index (χ1v) is 10.8. The van der Waals surface area contributed by atoms with Crippen LogP contribution in [0.3, 0.4) is 0 Å². The van der Waals surface area contributed by atoms with Gasteiger partial charge < -0.3 is 10.2 Å². The van der Waals surface area contributed by atoms with Gasteiger partial charge in [-0.05, 0) is 35.6 Å². The van der Waals surface area contributed by atoms with Crippen LogP contribution in [-0.4, -0.2) is 41.6 Å². The third-order valence-corrected chi connectivity index (χ3v) is 5.82. The quantitative estimate of drug-likeness (QED) is 0.710. The Morgan fingerprint density at radius 2 is 1.44 bits per heavy atom. The number of aryl methyl sites for hydroxylation is 2. The van der Waals surface area contributed by atoms with E-state index in [0.29, 0.717) is 6.54 Å². The second kappa shape index (κ2) is 9.60. The van der Waals surface area contributed by atoms with E-state index in [2.05, 4.69) is 23.5 Å². The lowest BCUT2D eigenvalue weighted by Gasteiger charge is -2.29. The Balaban J connectivity index is 1.36. The van der Waals surface area contributed by atoms with Gasteiger partial charge in [-0.25, -0.2) is 0 Å². The number of carbonyl (C=O) groups excluding carboxylic acids is 4. The third kappa shape index (κ3) is 4.77. The van der Waals surface area contributed by atoms with Gasteiger partial charge in [0.25, 0.3) is 11.8 Å². The van der Waals surface area contributed by atoms with E-state index >= 15 is 0 Å². The summed E-state index contributed by atoms with van der Waals surface area (Å²) in [5.74, 6) is -1.18. The molecule has 164 valence electrons. The lowest BCUT2D eigenvalue weighted by molar-refractivity contribution is -0.137. The number of rotatable bonds is 6. The van der Waals surface area contributed by atoms with Gasteiger partial charge in [0.15, 0.2) is 0 Å². The predicted molar refractivity (Wildman–Crippen MR) is 120 cm³/mol. The van der Waals surface area contributed by atoms with Crippen molar-refractivity contribution in [1.82, 2.24) is 10.2 Å². The van der Waals surface area contributed by atoms with Crippen LogP contribution in [-0.2, 0) is 38.6 Å². The zero-order valence-corrected chi connectivity index (χ0v) is 17.8. The van der Waals surface area contributed by atoms with Gasteiger partial charge in [0.2, 0.25) is 11.8 Å². The van der Waals surface area contributed by atoms with Crippen LogP contribution in [0, 0.1) is 0 Å². The minimum absolute atomic E-state index is 0.00722. The van der Waals surface area contributed by atoms with Gasteiger partial charge in [-0.1, -0.05) is 42.5 Å². The highest BCUT2D eigenvalue weighted by atomic mass is 16.2. The molecule has 0 saturated heterocycles. The zero-order valence-electron chi connectivity index (χ0n) is 17.8. The van der Waals surface area contributed by atoms with Gasteiger partial charge >= 0.3 is 0 Å². The van der Waals surface area contributed by atoms with Gasteiger partial charge in [-0.2, -0.15) is 0 Å². The van der Waals surface area contributed by atoms with Gasteiger partial charge in [0.1, 0.15) is 0 Å². The maximum atomic E-state index is 13.1. The third-order valence-electron chi connectivity index (χ3n) is 5.82. The van der Waals surface area contributed by atoms with E-state index in [0.717, 1.165) is 34.6 Å². The molecule has 2 aliphatic heterocycles. The Morgan fingerprint density at radius 1 is 0.812 bits per heavy atom. The summed E-state index contributed by atoms with van der Waals surface area (Å²) >= 11 is 0. The number of imide groups is 1. The highest BCUT2D eigenvalue weighted by Gasteiger charge is 2.24. The number of hydrogen-bond acceptors (Lipinski definition) is 4. The molecule has 0 atom stereocenters. The van der Waals surface area contributed by atoms with Crippen LogP contribution in [0.25, 0.3) is 0 Å². The SMILES string of the molecule is O=C(CCN1C(=O)C=CC1=O)NCCC(=O)N1Cc2ccccc2CCc2ccccc21. The van der Waals surface area contributed by atoms with E-state index in [9.17, 15) is 19.2 Å². The van der Waals surface area contributed by atoms with Crippen molar-refractivity contribution in [2.45, 2.75) is 32.2 Å². The zero-order chi connectivity index (χ0) is 22.5. The van der Waals surface area contributed by atoms with Crippen LogP contribution in [0.15, 0.2) is 60.7 Å². The maximum Gasteiger partial charge on any atom is 0.253 e. The minimum Gasteiger partial charge on any atom is -0.356 e. The summed E-state index contributed by atoms with van der Waals surface area (Å²) in [6.07, 6.45) is 4.34. The number of nitrogens with one attached hydrogen (secondary N) is 1. The monoisotopic (exact) mass is 431 g/mol. The molecule has 0 radical (unpaired) electrons. The Bertz CT molecular complexity index is 1070. The van der Waals surface area contributed by atoms with Gasteiger partial charge in [-0.3, -0.25) is 24.1 Å². The molecular formula is C25H25N3O4. The lowest BCUT2D eigenvalue weighted by Crippen LogP contribution is -2.37. The lowest BCUT2D eigenvalue weighted by atomic mass is 9.95. The van der Waals surface area contributed by atoms with E-state index in [4.69, 9.17) is 0 Å². The molecule has 0 aromatic heterocycles. The number of para-hydroxylation sites is 1. The average molecular weight is 431 g/mol. The fourth-order valence-corrected chi connectivity index (χ4v) is 4.09. The van der Waals surface area contributed by atoms with Crippen LogP contribution in [0.2, 0.25) is 0 Å². The van der Waals surface area contributed by atoms with E-state index < -0.39 is 11.8 Å². The Hall–Kier alpha value is -3.74. The first kappa shape index (κ1) is 21.5. The van der Waals surface area contributed by atoms with Crippen LogP contribution >= 0.6 is 0 Å². The number of hydrogen-bond donors (Lipinski definition) is 1. The van der Waals surface area contributed by atoms with Crippen molar-refractivity contribution >= 4 is 29.3 Å². The minimum atomic E-state index is -0.408. The second-order valence-corrected chi connectivity index (χ2v) is 7.89. The normalized spacial score (nSPS) is 15.1. The molecule has 0 aliphatic carbocycles. The number of amides is 4. The molecule has 2 aromatic carbocycles. The van der Waals surface area contributed by atoms with E-state index in [1.165, 1.54) is 17.7 Å². The summed E-state index contributed by atoms with van der Waals surface area (Å²) in [5, 5.41) is 2.72. The van der Waals surface area contributed by atoms with Gasteiger partial charge in [-0.15, -0.1) is 0 Å². The van der Waals surface area contributed by atoms with Crippen molar-refractivity contribution in [2.24, 2.45) is 0 Å². The van der Waals surface area contributed by atoms with Crippen LogP contribution in [0.4, 0.5) is 5.69 Å². The summed E-state index contributed by atoms with van der Waals surface area (Å²) in [6, 6.07) is 16.1. The van der Waals surface area contributed by atoms with E-state index in [1.54, 1.807) is 4.90 Å². The molecule has 0 spiro atoms. The smallest absolute Gasteiger partial charge is 0.253 e. The molecule has 7 nitrogen and oxygen atoms in total. The molecule has 7 heteroatoms. The van der Waals surface area contributed by atoms with E-state index in [-0.39, 0.29) is 37.7 Å². The highest BCUT2D eigenvalue weighted by molar-refractivity contribution is 6.13. The molecule has 2 heterocycles. The summed E-state index contributed by atoms with van der Waals surface area (Å²) in [5.41, 5.74) is 4.42. The molecule has 0 fully saturated rings. The van der Waals surface area contributed by atoms with Crippen molar-refractivity contribution < 1.29 is 19.2 Å². The van der Waals surface area contributed by atoms with Gasteiger partial charge in [0.05, 0.1) is 6.54 Å². The second-order valence-electron chi connectivity index (χ2n) is 7.89. The molecule has 0 bridgehead atoms. The van der Waals surface area contributed by atoms with Gasteiger partial charge in [0, 0.05) is 43.8 Å². The largest absolute Gasteiger partial charge is 0.356 e. The molecule has 0 unspecified atom stereocenters. The average Bonchev–Trinajstić information content (AvgIpc) is 3.11. The summed E-state index contributed by atoms with van der Waals surface area (Å²) in [7, 11) is 0. The Kier molecular flexibility index (Phi) is 6.44. The molecule has 4 rings (SSSR count). The number of anilines is 1. The van der Waals surface area contributed by atoms with Crippen molar-refractivity contribution in [3.63, 3.8) is 0 Å². The van der Waals surface area contributed by atoms with Crippen LogP contribution < -0.4 is 10.2 Å². The Labute approximate surface area is 186 Å². The first-order chi connectivity index (χ1) is 15.5. The fourth-order valence-electron chi connectivity index (χ4n) is 4.09. The summed E-state index contributed by atoms with van der Waals surface area (Å²) < 4.78 is 0. The number of benzene rings is 2.